The van der Waals surface area contributed by atoms with Crippen LogP contribution in [0.3, 0.4) is 0 Å². The lowest BCUT2D eigenvalue weighted by atomic mass is 9.73. The molecule has 0 bridgehead atoms. The van der Waals surface area contributed by atoms with E-state index in [1.807, 2.05) is 11.8 Å². The molecule has 1 fully saturated rings. The van der Waals surface area contributed by atoms with E-state index in [1.165, 1.54) is 57.4 Å². The molecule has 1 N–H and O–H groups in total. The Balaban J connectivity index is 2.51. The van der Waals surface area contributed by atoms with Gasteiger partial charge in [0, 0.05) is 19.1 Å². The second-order valence-electron chi connectivity index (χ2n) is 7.63. The van der Waals surface area contributed by atoms with Gasteiger partial charge in [-0.3, -0.25) is 0 Å². The molecule has 0 radical (unpaired) electrons. The molecule has 1 rings (SSSR count). The maximum absolute atomic E-state index is 3.75. The number of nitrogens with zero attached hydrogens (tertiary/aromatic N) is 1. The molecule has 21 heavy (non-hydrogen) atoms. The van der Waals surface area contributed by atoms with E-state index < -0.39 is 0 Å². The van der Waals surface area contributed by atoms with Gasteiger partial charge in [0.05, 0.1) is 0 Å². The van der Waals surface area contributed by atoms with Gasteiger partial charge in [0.2, 0.25) is 0 Å². The number of rotatable bonds is 10. The zero-order chi connectivity index (χ0) is 15.7. The summed E-state index contributed by atoms with van der Waals surface area (Å²) >= 11 is 1.97. The summed E-state index contributed by atoms with van der Waals surface area (Å²) in [6, 6.07) is 0.710. The van der Waals surface area contributed by atoms with Crippen molar-refractivity contribution >= 4 is 11.8 Å². The Kier molecular flexibility index (Phi) is 9.31. The molecule has 1 atom stereocenters. The van der Waals surface area contributed by atoms with Gasteiger partial charge < -0.3 is 10.2 Å². The third-order valence-corrected chi connectivity index (χ3v) is 5.69. The van der Waals surface area contributed by atoms with Crippen LogP contribution in [0.5, 0.6) is 0 Å². The van der Waals surface area contributed by atoms with Gasteiger partial charge in [-0.2, -0.15) is 11.8 Å². The van der Waals surface area contributed by atoms with Crippen LogP contribution in [0.4, 0.5) is 0 Å². The average molecular weight is 315 g/mol. The summed E-state index contributed by atoms with van der Waals surface area (Å²) in [7, 11) is 2.34. The average Bonchev–Trinajstić information content (AvgIpc) is 2.45. The molecule has 0 amide bonds. The molecule has 1 unspecified atom stereocenters. The zero-order valence-corrected chi connectivity index (χ0v) is 15.9. The zero-order valence-electron chi connectivity index (χ0n) is 15.1. The molecule has 0 saturated heterocycles. The summed E-state index contributed by atoms with van der Waals surface area (Å²) < 4.78 is 0. The molecular formula is C18H38N2S. The van der Waals surface area contributed by atoms with Crippen molar-refractivity contribution in [2.45, 2.75) is 65.3 Å². The van der Waals surface area contributed by atoms with E-state index >= 15 is 0 Å². The van der Waals surface area contributed by atoms with Crippen molar-refractivity contribution in [1.29, 1.82) is 0 Å². The van der Waals surface area contributed by atoms with Crippen LogP contribution in [0.15, 0.2) is 0 Å². The van der Waals surface area contributed by atoms with E-state index in [4.69, 9.17) is 0 Å². The van der Waals surface area contributed by atoms with E-state index in [-0.39, 0.29) is 0 Å². The first-order valence-electron chi connectivity index (χ1n) is 8.89. The number of thioether (sulfide) groups is 1. The molecule has 0 aromatic rings. The molecule has 1 aliphatic rings. The van der Waals surface area contributed by atoms with Gasteiger partial charge >= 0.3 is 0 Å². The normalized spacial score (nSPS) is 20.1. The monoisotopic (exact) mass is 314 g/mol. The summed E-state index contributed by atoms with van der Waals surface area (Å²) in [5.41, 5.74) is 0.523. The van der Waals surface area contributed by atoms with Gasteiger partial charge in [-0.05, 0) is 63.1 Å². The van der Waals surface area contributed by atoms with Crippen molar-refractivity contribution in [1.82, 2.24) is 10.2 Å². The molecule has 2 nitrogen and oxygen atoms in total. The maximum Gasteiger partial charge on any atom is 0.00719 e. The Labute approximate surface area is 137 Å². The van der Waals surface area contributed by atoms with Crippen LogP contribution in [0, 0.1) is 11.3 Å². The van der Waals surface area contributed by atoms with E-state index in [9.17, 15) is 0 Å². The van der Waals surface area contributed by atoms with Crippen molar-refractivity contribution in [3.05, 3.63) is 0 Å². The first-order chi connectivity index (χ1) is 9.99. The quantitative estimate of drug-likeness (QED) is 0.649. The van der Waals surface area contributed by atoms with Crippen molar-refractivity contribution in [3.8, 4) is 0 Å². The van der Waals surface area contributed by atoms with E-state index in [2.05, 4.69) is 44.3 Å². The Hall–Kier alpha value is 0.270. The minimum absolute atomic E-state index is 0.523. The Morgan fingerprint density at radius 1 is 1.14 bits per heavy atom. The number of nitrogens with one attached hydrogen (secondary N) is 1. The smallest absolute Gasteiger partial charge is 0.00719 e. The van der Waals surface area contributed by atoms with Crippen molar-refractivity contribution in [2.75, 3.05) is 38.7 Å². The minimum Gasteiger partial charge on any atom is -0.316 e. The molecule has 1 aliphatic carbocycles. The highest BCUT2D eigenvalue weighted by Crippen LogP contribution is 2.37. The maximum atomic E-state index is 3.75. The van der Waals surface area contributed by atoms with Crippen LogP contribution in [-0.2, 0) is 0 Å². The minimum atomic E-state index is 0.523. The van der Waals surface area contributed by atoms with Gasteiger partial charge in [0.1, 0.15) is 0 Å². The Bertz CT molecular complexity index is 262. The SMILES string of the molecule is CSCCC(C)N(C)CC1(CNCC(C)C)CCCCC1. The fourth-order valence-corrected chi connectivity index (χ4v) is 4.09. The van der Waals surface area contributed by atoms with Crippen LogP contribution < -0.4 is 5.32 Å². The van der Waals surface area contributed by atoms with E-state index in [0.717, 1.165) is 12.5 Å². The standard InChI is InChI=1S/C18H38N2S/c1-16(2)13-19-14-18(10-7-6-8-11-18)15-20(4)17(3)9-12-21-5/h16-17,19H,6-15H2,1-5H3. The van der Waals surface area contributed by atoms with Crippen LogP contribution in [0.25, 0.3) is 0 Å². The fourth-order valence-electron chi connectivity index (χ4n) is 3.51. The summed E-state index contributed by atoms with van der Waals surface area (Å²) in [4.78, 5) is 2.62. The van der Waals surface area contributed by atoms with Crippen molar-refractivity contribution in [2.24, 2.45) is 11.3 Å². The van der Waals surface area contributed by atoms with E-state index in [1.54, 1.807) is 0 Å². The summed E-state index contributed by atoms with van der Waals surface area (Å²) in [5, 5.41) is 3.75. The van der Waals surface area contributed by atoms with Gasteiger partial charge in [0.15, 0.2) is 0 Å². The fraction of sp³-hybridized carbons (Fsp3) is 1.00. The number of hydrogen-bond acceptors (Lipinski definition) is 3. The molecule has 0 heterocycles. The highest BCUT2D eigenvalue weighted by atomic mass is 32.2. The number of hydrogen-bond donors (Lipinski definition) is 1. The van der Waals surface area contributed by atoms with Gasteiger partial charge in [-0.1, -0.05) is 33.1 Å². The predicted molar refractivity (Wildman–Crippen MR) is 98.3 cm³/mol. The topological polar surface area (TPSA) is 15.3 Å². The van der Waals surface area contributed by atoms with Crippen molar-refractivity contribution < 1.29 is 0 Å². The Morgan fingerprint density at radius 3 is 2.38 bits per heavy atom. The molecule has 0 aromatic heterocycles. The van der Waals surface area contributed by atoms with Crippen LogP contribution >= 0.6 is 11.8 Å². The van der Waals surface area contributed by atoms with Gasteiger partial charge in [0.25, 0.3) is 0 Å². The first-order valence-corrected chi connectivity index (χ1v) is 10.3. The third kappa shape index (κ3) is 7.38. The van der Waals surface area contributed by atoms with E-state index in [0.29, 0.717) is 11.5 Å². The molecule has 3 heteroatoms. The van der Waals surface area contributed by atoms with Crippen LogP contribution in [0.1, 0.15) is 59.3 Å². The second-order valence-corrected chi connectivity index (χ2v) is 8.62. The Morgan fingerprint density at radius 2 is 1.81 bits per heavy atom. The molecular weight excluding hydrogens is 276 g/mol. The van der Waals surface area contributed by atoms with Crippen LogP contribution in [-0.4, -0.2) is 49.6 Å². The lowest BCUT2D eigenvalue weighted by molar-refractivity contribution is 0.0954. The van der Waals surface area contributed by atoms with Crippen molar-refractivity contribution in [3.63, 3.8) is 0 Å². The molecule has 0 aromatic carbocycles. The molecule has 126 valence electrons. The first kappa shape index (κ1) is 19.3. The largest absolute Gasteiger partial charge is 0.316 e. The third-order valence-electron chi connectivity index (χ3n) is 5.04. The molecule has 1 saturated carbocycles. The lowest BCUT2D eigenvalue weighted by Gasteiger charge is -2.42. The molecule has 0 aliphatic heterocycles. The van der Waals surface area contributed by atoms with Gasteiger partial charge in [-0.25, -0.2) is 0 Å². The highest BCUT2D eigenvalue weighted by Gasteiger charge is 2.33. The summed E-state index contributed by atoms with van der Waals surface area (Å²) in [5.74, 6) is 2.04. The van der Waals surface area contributed by atoms with Crippen LogP contribution in [0.2, 0.25) is 0 Å². The predicted octanol–water partition coefficient (Wildman–Crippen LogP) is 4.26. The summed E-state index contributed by atoms with van der Waals surface area (Å²) in [6.07, 6.45) is 10.7. The highest BCUT2D eigenvalue weighted by molar-refractivity contribution is 7.98. The lowest BCUT2D eigenvalue weighted by Crippen LogP contribution is -2.47. The molecule has 0 spiro atoms. The second kappa shape index (κ2) is 10.1. The van der Waals surface area contributed by atoms with Gasteiger partial charge in [-0.15, -0.1) is 0 Å². The summed E-state index contributed by atoms with van der Waals surface area (Å²) in [6.45, 7) is 10.6.